The Bertz CT molecular complexity index is 1320. The Balaban J connectivity index is 1.54. The van der Waals surface area contributed by atoms with Gasteiger partial charge in [-0.3, -0.25) is 9.59 Å². The minimum absolute atomic E-state index is 0.0497. The van der Waals surface area contributed by atoms with Gasteiger partial charge in [-0.05, 0) is 50.4 Å². The number of aromatic amines is 3. The van der Waals surface area contributed by atoms with Crippen LogP contribution < -0.4 is 27.4 Å². The van der Waals surface area contributed by atoms with Crippen molar-refractivity contribution in [1.82, 2.24) is 35.9 Å². The normalized spacial score (nSPS) is 27.6. The number of guanidine groups is 1. The molecule has 2 amide bonds. The van der Waals surface area contributed by atoms with E-state index in [4.69, 9.17) is 11.5 Å². The number of carbonyl (C=O) groups excluding carboxylic acids is 2. The highest BCUT2D eigenvalue weighted by Crippen LogP contribution is 2.47. The van der Waals surface area contributed by atoms with Gasteiger partial charge in [0, 0.05) is 27.0 Å². The number of rotatable bonds is 5. The molecule has 11 N–H and O–H groups in total. The summed E-state index contributed by atoms with van der Waals surface area (Å²) < 4.78 is 1.42. The maximum Gasteiger partial charge on any atom is 0.268 e. The van der Waals surface area contributed by atoms with Crippen LogP contribution in [0.25, 0.3) is 0 Å². The van der Waals surface area contributed by atoms with E-state index in [1.807, 2.05) is 0 Å². The van der Waals surface area contributed by atoms with Crippen LogP contribution in [0.4, 0.5) is 5.95 Å². The Hall–Kier alpha value is -3.30. The minimum atomic E-state index is -1.25. The monoisotopic (exact) mass is 608 g/mol. The number of halogens is 2. The molecule has 184 valence electrons. The summed E-state index contributed by atoms with van der Waals surface area (Å²) >= 11 is 6.65. The molecule has 0 saturated heterocycles. The van der Waals surface area contributed by atoms with Crippen molar-refractivity contribution in [3.8, 4) is 0 Å². The summed E-state index contributed by atoms with van der Waals surface area (Å²) in [6.07, 6.45) is 3.74. The Morgan fingerprint density at radius 2 is 1.71 bits per heavy atom. The number of aliphatic hydroxyl groups is 1. The van der Waals surface area contributed by atoms with Crippen molar-refractivity contribution in [3.63, 3.8) is 0 Å². The molecule has 3 aromatic rings. The molecule has 3 aromatic heterocycles. The van der Waals surface area contributed by atoms with E-state index < -0.39 is 35.7 Å². The quantitative estimate of drug-likeness (QED) is 0.196. The zero-order chi connectivity index (χ0) is 24.9. The van der Waals surface area contributed by atoms with Crippen LogP contribution in [-0.2, 0) is 0 Å². The summed E-state index contributed by atoms with van der Waals surface area (Å²) in [4.78, 5) is 43.2. The molecule has 1 saturated carbocycles. The van der Waals surface area contributed by atoms with Gasteiger partial charge < -0.3 is 47.5 Å². The summed E-state index contributed by atoms with van der Waals surface area (Å²) in [6, 6.07) is 1.93. The highest BCUT2D eigenvalue weighted by molar-refractivity contribution is 9.10. The van der Waals surface area contributed by atoms with Gasteiger partial charge in [-0.1, -0.05) is 0 Å². The smallest absolute Gasteiger partial charge is 0.268 e. The second-order valence-corrected chi connectivity index (χ2v) is 10.3. The maximum atomic E-state index is 13.2. The van der Waals surface area contributed by atoms with Gasteiger partial charge in [0.15, 0.2) is 18.1 Å². The predicted molar refractivity (Wildman–Crippen MR) is 133 cm³/mol. The van der Waals surface area contributed by atoms with Crippen molar-refractivity contribution in [2.75, 3.05) is 5.73 Å². The summed E-state index contributed by atoms with van der Waals surface area (Å²) in [5.74, 6) is -1.22. The highest BCUT2D eigenvalue weighted by Gasteiger charge is 2.61. The Labute approximate surface area is 215 Å². The Morgan fingerprint density at radius 1 is 1.09 bits per heavy atom. The zero-order valence-corrected chi connectivity index (χ0v) is 21.1. The van der Waals surface area contributed by atoms with Crippen LogP contribution in [0, 0.1) is 0 Å². The van der Waals surface area contributed by atoms with E-state index >= 15 is 0 Å². The highest BCUT2D eigenvalue weighted by atomic mass is 79.9. The van der Waals surface area contributed by atoms with Gasteiger partial charge in [0.2, 0.25) is 0 Å². The van der Waals surface area contributed by atoms with Crippen LogP contribution in [-0.4, -0.2) is 66.7 Å². The van der Waals surface area contributed by atoms with Gasteiger partial charge >= 0.3 is 0 Å². The fourth-order valence-corrected chi connectivity index (χ4v) is 5.61. The fourth-order valence-electron chi connectivity index (χ4n) is 4.93. The number of H-pyrrole nitrogens is 3. The maximum absolute atomic E-state index is 13.2. The fraction of sp³-hybridized carbons (Fsp3) is 0.300. The number of anilines is 1. The first-order valence-electron chi connectivity index (χ1n) is 10.6. The van der Waals surface area contributed by atoms with Crippen molar-refractivity contribution >= 4 is 55.6 Å². The van der Waals surface area contributed by atoms with E-state index in [0.29, 0.717) is 26.0 Å². The van der Waals surface area contributed by atoms with E-state index in [0.717, 1.165) is 0 Å². The lowest BCUT2D eigenvalue weighted by Gasteiger charge is -2.35. The zero-order valence-electron chi connectivity index (χ0n) is 18.0. The molecule has 2 aliphatic rings. The first-order valence-corrected chi connectivity index (χ1v) is 12.1. The molecule has 15 heteroatoms. The van der Waals surface area contributed by atoms with Crippen LogP contribution in [0.15, 0.2) is 44.7 Å². The molecule has 0 radical (unpaired) electrons. The largest absolute Gasteiger partial charge is 0.370 e. The third-order valence-corrected chi connectivity index (χ3v) is 7.25. The van der Waals surface area contributed by atoms with Crippen LogP contribution in [0.3, 0.4) is 0 Å². The van der Waals surface area contributed by atoms with Gasteiger partial charge in [-0.2, -0.15) is 0 Å². The standard InChI is InChI=1S/C20H22Br2N10O3/c21-7-1-9(25-4-7)15(33)28-11-3-20(17(35)31-19(24)32-20)13(12-6-27-18(23)29-12)14(11)30-16(34)10-2-8(22)5-26-10/h1-2,4-6,11,13-14,17,25-26,35H,3H2,(H,28,33)(H,30,34)(H3,23,27,29)(H3,24,31,32). The van der Waals surface area contributed by atoms with E-state index in [1.165, 1.54) is 6.20 Å². The lowest BCUT2D eigenvalue weighted by atomic mass is 9.82. The topological polar surface area (TPSA) is 215 Å². The number of nitrogens with one attached hydrogen (secondary N) is 6. The number of imidazole rings is 1. The van der Waals surface area contributed by atoms with Crippen molar-refractivity contribution < 1.29 is 14.7 Å². The molecule has 0 bridgehead atoms. The van der Waals surface area contributed by atoms with Gasteiger partial charge in [0.25, 0.3) is 11.8 Å². The number of nitrogen functional groups attached to an aromatic ring is 1. The first kappa shape index (κ1) is 23.4. The minimum Gasteiger partial charge on any atom is -0.370 e. The van der Waals surface area contributed by atoms with Crippen LogP contribution in [0.2, 0.25) is 0 Å². The Morgan fingerprint density at radius 3 is 2.20 bits per heavy atom. The third-order valence-electron chi connectivity index (χ3n) is 6.34. The summed E-state index contributed by atoms with van der Waals surface area (Å²) in [5.41, 5.74) is 11.8. The predicted octanol–water partition coefficient (Wildman–Crippen LogP) is 0.233. The van der Waals surface area contributed by atoms with Gasteiger partial charge in [0.1, 0.15) is 11.4 Å². The van der Waals surface area contributed by atoms with Crippen molar-refractivity contribution in [3.05, 3.63) is 56.8 Å². The molecule has 0 aromatic carbocycles. The van der Waals surface area contributed by atoms with Gasteiger partial charge in [0.05, 0.1) is 29.7 Å². The van der Waals surface area contributed by atoms with Gasteiger partial charge in [-0.15, -0.1) is 0 Å². The molecule has 5 atom stereocenters. The SMILES string of the molecule is NC1=NC(O)C2(CC(NC(=O)c3cc(Br)c[nH]3)C(NC(=O)c3cc(Br)c[nH]3)C2c2cnc(N)[nH]2)N1. The number of hydrogen-bond donors (Lipinski definition) is 9. The number of amides is 2. The molecule has 1 fully saturated rings. The number of aliphatic hydroxyl groups excluding tert-OH is 1. The lowest BCUT2D eigenvalue weighted by molar-refractivity contribution is 0.0786. The third kappa shape index (κ3) is 4.19. The molecule has 1 aliphatic heterocycles. The Kier molecular flexibility index (Phi) is 5.85. The number of hydrogen-bond acceptors (Lipinski definition) is 8. The molecule has 5 unspecified atom stereocenters. The summed E-state index contributed by atoms with van der Waals surface area (Å²) in [7, 11) is 0. The molecule has 4 heterocycles. The first-order chi connectivity index (χ1) is 16.7. The van der Waals surface area contributed by atoms with Crippen molar-refractivity contribution in [2.45, 2.75) is 36.2 Å². The second kappa shape index (κ2) is 8.73. The summed E-state index contributed by atoms with van der Waals surface area (Å²) in [6.45, 7) is 0. The van der Waals surface area contributed by atoms with E-state index in [2.05, 4.69) is 72.7 Å². The molecular weight excluding hydrogens is 588 g/mol. The molecular formula is C20H22Br2N10O3. The molecule has 5 rings (SSSR count). The van der Waals surface area contributed by atoms with Crippen molar-refractivity contribution in [2.24, 2.45) is 10.7 Å². The van der Waals surface area contributed by atoms with Crippen LogP contribution in [0.5, 0.6) is 0 Å². The van der Waals surface area contributed by atoms with Crippen molar-refractivity contribution in [1.29, 1.82) is 0 Å². The van der Waals surface area contributed by atoms with Gasteiger partial charge in [-0.25, -0.2) is 9.98 Å². The average molecular weight is 610 g/mol. The number of aromatic nitrogens is 4. The number of aliphatic imine (C=N–C) groups is 1. The van der Waals surface area contributed by atoms with E-state index in [1.54, 1.807) is 24.5 Å². The number of nitrogens with two attached hydrogens (primary N) is 2. The van der Waals surface area contributed by atoms with E-state index in [9.17, 15) is 14.7 Å². The second-order valence-electron chi connectivity index (χ2n) is 8.50. The molecule has 13 nitrogen and oxygen atoms in total. The molecule has 35 heavy (non-hydrogen) atoms. The number of carbonyl (C=O) groups is 2. The molecule has 1 spiro atoms. The summed E-state index contributed by atoms with van der Waals surface area (Å²) in [5, 5.41) is 20.1. The van der Waals surface area contributed by atoms with Crippen LogP contribution >= 0.6 is 31.9 Å². The number of nitrogens with zero attached hydrogens (tertiary/aromatic N) is 2. The van der Waals surface area contributed by atoms with E-state index in [-0.39, 0.29) is 24.2 Å². The van der Waals surface area contributed by atoms with Crippen LogP contribution in [0.1, 0.15) is 39.0 Å². The average Bonchev–Trinajstić information content (AvgIpc) is 3.59. The lowest BCUT2D eigenvalue weighted by Crippen LogP contribution is -2.56. The molecule has 1 aliphatic carbocycles.